The third kappa shape index (κ3) is 2.60. The monoisotopic (exact) mass is 244 g/mol. The van der Waals surface area contributed by atoms with Gasteiger partial charge in [0, 0.05) is 17.8 Å². The lowest BCUT2D eigenvalue weighted by molar-refractivity contribution is 0.372. The van der Waals surface area contributed by atoms with Crippen molar-refractivity contribution in [2.75, 3.05) is 7.11 Å². The number of nitrogens with zero attached hydrogens (tertiary/aromatic N) is 1. The van der Waals surface area contributed by atoms with E-state index in [1.807, 2.05) is 43.3 Å². The van der Waals surface area contributed by atoms with Gasteiger partial charge in [-0.25, -0.2) is 4.98 Å². The fraction of sp³-hybridized carbons (Fsp3) is 0.214. The molecule has 0 saturated heterocycles. The van der Waals surface area contributed by atoms with Crippen LogP contribution in [0.5, 0.6) is 17.4 Å². The Balaban J connectivity index is 2.36. The predicted octanol–water partition coefficient (Wildman–Crippen LogP) is 2.65. The number of benzene rings is 1. The van der Waals surface area contributed by atoms with Gasteiger partial charge in [-0.3, -0.25) is 0 Å². The van der Waals surface area contributed by atoms with E-state index in [2.05, 4.69) is 4.98 Å². The Morgan fingerprint density at radius 3 is 2.50 bits per heavy atom. The standard InChI is InChI=1S/C14H16N2O2/c1-10-7-8-11(9-15)14(16-10)18-13-6-4-3-5-12(13)17-2/h3-8H,9,15H2,1-2H3. The smallest absolute Gasteiger partial charge is 0.224 e. The van der Waals surface area contributed by atoms with Crippen molar-refractivity contribution >= 4 is 0 Å². The van der Waals surface area contributed by atoms with Gasteiger partial charge in [0.15, 0.2) is 11.5 Å². The second-order valence-electron chi connectivity index (χ2n) is 3.87. The maximum atomic E-state index is 5.79. The molecule has 0 spiro atoms. The van der Waals surface area contributed by atoms with Gasteiger partial charge < -0.3 is 15.2 Å². The number of aryl methyl sites for hydroxylation is 1. The topological polar surface area (TPSA) is 57.4 Å². The normalized spacial score (nSPS) is 10.2. The van der Waals surface area contributed by atoms with Gasteiger partial charge in [0.1, 0.15) is 0 Å². The van der Waals surface area contributed by atoms with E-state index in [4.69, 9.17) is 15.2 Å². The minimum Gasteiger partial charge on any atom is -0.493 e. The molecule has 0 amide bonds. The summed E-state index contributed by atoms with van der Waals surface area (Å²) in [6.45, 7) is 2.30. The van der Waals surface area contributed by atoms with Gasteiger partial charge in [0.25, 0.3) is 0 Å². The van der Waals surface area contributed by atoms with E-state index in [0.29, 0.717) is 23.9 Å². The van der Waals surface area contributed by atoms with E-state index >= 15 is 0 Å². The van der Waals surface area contributed by atoms with Crippen LogP contribution in [0, 0.1) is 6.92 Å². The van der Waals surface area contributed by atoms with Gasteiger partial charge in [-0.05, 0) is 25.1 Å². The van der Waals surface area contributed by atoms with Crippen LogP contribution in [0.3, 0.4) is 0 Å². The lowest BCUT2D eigenvalue weighted by Crippen LogP contribution is -2.02. The summed E-state index contributed by atoms with van der Waals surface area (Å²) in [4.78, 5) is 4.36. The molecule has 0 fully saturated rings. The van der Waals surface area contributed by atoms with Crippen LogP contribution < -0.4 is 15.2 Å². The number of pyridine rings is 1. The largest absolute Gasteiger partial charge is 0.493 e. The summed E-state index contributed by atoms with van der Waals surface area (Å²) in [5.41, 5.74) is 7.43. The molecule has 0 aliphatic carbocycles. The molecule has 0 aliphatic rings. The molecule has 1 aromatic heterocycles. The van der Waals surface area contributed by atoms with Gasteiger partial charge in [-0.15, -0.1) is 0 Å². The van der Waals surface area contributed by atoms with Gasteiger partial charge in [0.05, 0.1) is 7.11 Å². The molecule has 2 N–H and O–H groups in total. The van der Waals surface area contributed by atoms with Crippen LogP contribution in [0.2, 0.25) is 0 Å². The highest BCUT2D eigenvalue weighted by molar-refractivity contribution is 5.43. The number of methoxy groups -OCH3 is 1. The van der Waals surface area contributed by atoms with Crippen molar-refractivity contribution in [2.24, 2.45) is 5.73 Å². The summed E-state index contributed by atoms with van der Waals surface area (Å²) >= 11 is 0. The lowest BCUT2D eigenvalue weighted by Gasteiger charge is -2.12. The zero-order chi connectivity index (χ0) is 13.0. The highest BCUT2D eigenvalue weighted by Crippen LogP contribution is 2.31. The highest BCUT2D eigenvalue weighted by atomic mass is 16.5. The predicted molar refractivity (Wildman–Crippen MR) is 69.9 cm³/mol. The lowest BCUT2D eigenvalue weighted by atomic mass is 10.2. The van der Waals surface area contributed by atoms with Crippen molar-refractivity contribution in [3.8, 4) is 17.4 Å². The summed E-state index contributed by atoms with van der Waals surface area (Å²) in [6.07, 6.45) is 0. The summed E-state index contributed by atoms with van der Waals surface area (Å²) in [6, 6.07) is 11.3. The number of hydrogen-bond acceptors (Lipinski definition) is 4. The van der Waals surface area contributed by atoms with Crippen LogP contribution in [-0.2, 0) is 6.54 Å². The number of nitrogens with two attached hydrogens (primary N) is 1. The summed E-state index contributed by atoms with van der Waals surface area (Å²) in [5, 5.41) is 0. The van der Waals surface area contributed by atoms with E-state index in [-0.39, 0.29) is 0 Å². The quantitative estimate of drug-likeness (QED) is 0.898. The van der Waals surface area contributed by atoms with Crippen molar-refractivity contribution < 1.29 is 9.47 Å². The molecule has 4 heteroatoms. The highest BCUT2D eigenvalue weighted by Gasteiger charge is 2.09. The molecule has 94 valence electrons. The second kappa shape index (κ2) is 5.51. The number of rotatable bonds is 4. The molecule has 0 radical (unpaired) electrons. The van der Waals surface area contributed by atoms with Gasteiger partial charge in [-0.1, -0.05) is 18.2 Å². The van der Waals surface area contributed by atoms with Gasteiger partial charge in [-0.2, -0.15) is 0 Å². The Labute approximate surface area is 106 Å². The second-order valence-corrected chi connectivity index (χ2v) is 3.87. The molecule has 0 atom stereocenters. The molecule has 1 heterocycles. The van der Waals surface area contributed by atoms with E-state index in [9.17, 15) is 0 Å². The van der Waals surface area contributed by atoms with E-state index in [0.717, 1.165) is 11.3 Å². The number of aromatic nitrogens is 1. The molecular formula is C14H16N2O2. The SMILES string of the molecule is COc1ccccc1Oc1nc(C)ccc1CN. The number of ether oxygens (including phenoxy) is 2. The average Bonchev–Trinajstić information content (AvgIpc) is 2.40. The summed E-state index contributed by atoms with van der Waals surface area (Å²) < 4.78 is 11.0. The van der Waals surface area contributed by atoms with E-state index in [1.54, 1.807) is 7.11 Å². The van der Waals surface area contributed by atoms with Gasteiger partial charge in [0.2, 0.25) is 5.88 Å². The van der Waals surface area contributed by atoms with Crippen molar-refractivity contribution in [3.05, 3.63) is 47.7 Å². The minimum absolute atomic E-state index is 0.387. The number of para-hydroxylation sites is 2. The van der Waals surface area contributed by atoms with Crippen LogP contribution in [0.4, 0.5) is 0 Å². The Bertz CT molecular complexity index is 541. The zero-order valence-corrected chi connectivity index (χ0v) is 10.5. The third-order valence-electron chi connectivity index (χ3n) is 2.57. The Kier molecular flexibility index (Phi) is 3.79. The molecule has 1 aromatic carbocycles. The maximum absolute atomic E-state index is 5.79. The van der Waals surface area contributed by atoms with Crippen molar-refractivity contribution in [3.63, 3.8) is 0 Å². The first-order valence-corrected chi connectivity index (χ1v) is 5.72. The molecule has 2 aromatic rings. The average molecular weight is 244 g/mol. The van der Waals surface area contributed by atoms with Crippen molar-refractivity contribution in [2.45, 2.75) is 13.5 Å². The Morgan fingerprint density at radius 2 is 1.83 bits per heavy atom. The van der Waals surface area contributed by atoms with Crippen molar-refractivity contribution in [1.82, 2.24) is 4.98 Å². The maximum Gasteiger partial charge on any atom is 0.224 e. The Hall–Kier alpha value is -2.07. The molecule has 0 saturated carbocycles. The van der Waals surface area contributed by atoms with Crippen LogP contribution in [-0.4, -0.2) is 12.1 Å². The molecule has 0 aliphatic heterocycles. The summed E-state index contributed by atoms with van der Waals surface area (Å²) in [5.74, 6) is 1.83. The molecule has 0 unspecified atom stereocenters. The van der Waals surface area contributed by atoms with Crippen LogP contribution in [0.1, 0.15) is 11.3 Å². The molecule has 4 nitrogen and oxygen atoms in total. The fourth-order valence-corrected chi connectivity index (χ4v) is 1.61. The van der Waals surface area contributed by atoms with Crippen molar-refractivity contribution in [1.29, 1.82) is 0 Å². The van der Waals surface area contributed by atoms with E-state index in [1.165, 1.54) is 0 Å². The first kappa shape index (κ1) is 12.4. The zero-order valence-electron chi connectivity index (χ0n) is 10.5. The molecule has 2 rings (SSSR count). The van der Waals surface area contributed by atoms with E-state index < -0.39 is 0 Å². The molecule has 0 bridgehead atoms. The fourth-order valence-electron chi connectivity index (χ4n) is 1.61. The van der Waals surface area contributed by atoms with Crippen LogP contribution in [0.25, 0.3) is 0 Å². The minimum atomic E-state index is 0.387. The van der Waals surface area contributed by atoms with Gasteiger partial charge >= 0.3 is 0 Å². The summed E-state index contributed by atoms with van der Waals surface area (Å²) in [7, 11) is 1.61. The molecular weight excluding hydrogens is 228 g/mol. The molecule has 18 heavy (non-hydrogen) atoms. The number of hydrogen-bond donors (Lipinski definition) is 1. The first-order chi connectivity index (χ1) is 8.74. The Morgan fingerprint density at radius 1 is 1.11 bits per heavy atom. The van der Waals surface area contributed by atoms with Crippen LogP contribution in [0.15, 0.2) is 36.4 Å². The third-order valence-corrected chi connectivity index (χ3v) is 2.57. The van der Waals surface area contributed by atoms with Crippen LogP contribution >= 0.6 is 0 Å². The first-order valence-electron chi connectivity index (χ1n) is 5.72.